The molecule has 20 nitrogen and oxygen atoms in total. The molecule has 0 saturated heterocycles. The lowest BCUT2D eigenvalue weighted by atomic mass is 9.93. The Morgan fingerprint density at radius 1 is 0.837 bits per heavy atom. The average molecular weight is 792 g/mol. The molecule has 0 heterocycles. The SMILES string of the molecule is C=C(C)C(=O)OCCNC(=O)OC(COC(C)(C)C(C)(C)S(=O)(=O)N(C)S(=O)(=O)OCCOCCO)COS(=O)(=O)N(C)S(=O)(=O)C(C)C. The number of esters is 1. The van der Waals surface area contributed by atoms with Crippen molar-refractivity contribution in [3.05, 3.63) is 12.2 Å². The molecule has 0 bridgehead atoms. The van der Waals surface area contributed by atoms with Crippen LogP contribution in [-0.2, 0) is 72.8 Å². The van der Waals surface area contributed by atoms with E-state index in [4.69, 9.17) is 32.4 Å². The lowest BCUT2D eigenvalue weighted by molar-refractivity contribution is -0.138. The van der Waals surface area contributed by atoms with E-state index in [9.17, 15) is 43.3 Å². The molecule has 0 saturated carbocycles. The minimum absolute atomic E-state index is 0.0000632. The van der Waals surface area contributed by atoms with E-state index in [-0.39, 0.29) is 46.0 Å². The van der Waals surface area contributed by atoms with Crippen LogP contribution in [0.15, 0.2) is 12.2 Å². The Hall–Kier alpha value is -2.00. The normalized spacial score (nSPS) is 14.2. The lowest BCUT2D eigenvalue weighted by Crippen LogP contribution is -2.58. The molecule has 49 heavy (non-hydrogen) atoms. The van der Waals surface area contributed by atoms with Gasteiger partial charge in [0.1, 0.15) is 18.0 Å². The number of aliphatic hydroxyl groups excluding tert-OH is 1. The first-order valence-electron chi connectivity index (χ1n) is 14.5. The molecular weight excluding hydrogens is 743 g/mol. The zero-order valence-corrected chi connectivity index (χ0v) is 32.3. The molecule has 0 radical (unpaired) electrons. The number of carbonyl (C=O) groups is 2. The predicted molar refractivity (Wildman–Crippen MR) is 174 cm³/mol. The van der Waals surface area contributed by atoms with Crippen molar-refractivity contribution >= 4 is 52.7 Å². The van der Waals surface area contributed by atoms with Gasteiger partial charge in [0.05, 0.1) is 50.4 Å². The van der Waals surface area contributed by atoms with Crippen molar-refractivity contribution in [3.8, 4) is 0 Å². The Bertz CT molecular complexity index is 1560. The Labute approximate surface area is 289 Å². The third-order valence-electron chi connectivity index (χ3n) is 6.97. The maximum Gasteiger partial charge on any atom is 0.407 e. The minimum atomic E-state index is -4.97. The summed E-state index contributed by atoms with van der Waals surface area (Å²) in [5, 5.41) is 9.82. The molecule has 0 aromatic heterocycles. The number of aliphatic hydroxyl groups is 1. The van der Waals surface area contributed by atoms with E-state index >= 15 is 0 Å². The Morgan fingerprint density at radius 3 is 1.90 bits per heavy atom. The van der Waals surface area contributed by atoms with Crippen molar-refractivity contribution in [2.75, 3.05) is 66.9 Å². The summed E-state index contributed by atoms with van der Waals surface area (Å²) >= 11 is 0. The number of ether oxygens (including phenoxy) is 4. The summed E-state index contributed by atoms with van der Waals surface area (Å²) in [5.74, 6) is -0.725. The monoisotopic (exact) mass is 791 g/mol. The molecule has 290 valence electrons. The first-order valence-corrected chi connectivity index (χ1v) is 20.1. The number of sulfonamides is 2. The van der Waals surface area contributed by atoms with Gasteiger partial charge in [0, 0.05) is 19.7 Å². The number of hydrogen-bond acceptors (Lipinski definition) is 17. The van der Waals surface area contributed by atoms with Crippen molar-refractivity contribution in [1.82, 2.24) is 12.7 Å². The van der Waals surface area contributed by atoms with Gasteiger partial charge >= 0.3 is 32.7 Å². The van der Waals surface area contributed by atoms with E-state index in [0.717, 1.165) is 27.9 Å². The number of alkyl carbamates (subject to hydrolysis) is 1. The summed E-state index contributed by atoms with van der Waals surface area (Å²) in [6.45, 7) is 8.53. The number of nitrogens with zero attached hydrogens (tertiary/aromatic N) is 2. The topological polar surface area (TPSA) is 265 Å². The smallest absolute Gasteiger partial charge is 0.407 e. The lowest BCUT2D eigenvalue weighted by Gasteiger charge is -2.42. The van der Waals surface area contributed by atoms with Crippen LogP contribution < -0.4 is 5.32 Å². The number of hydrogen-bond donors (Lipinski definition) is 2. The van der Waals surface area contributed by atoms with E-state index in [0.29, 0.717) is 0 Å². The summed E-state index contributed by atoms with van der Waals surface area (Å²) in [5.41, 5.74) is -1.71. The van der Waals surface area contributed by atoms with E-state index in [1.54, 1.807) is 0 Å². The van der Waals surface area contributed by atoms with Gasteiger partial charge in [0.25, 0.3) is 0 Å². The van der Waals surface area contributed by atoms with Crippen molar-refractivity contribution in [1.29, 1.82) is 0 Å². The molecular formula is C25H49N3O17S4. The van der Waals surface area contributed by atoms with Gasteiger partial charge in [0.2, 0.25) is 20.0 Å². The molecule has 2 N–H and O–H groups in total. The van der Waals surface area contributed by atoms with Gasteiger partial charge in [-0.2, -0.15) is 16.8 Å². The molecule has 1 amide bonds. The van der Waals surface area contributed by atoms with Crippen LogP contribution in [-0.4, -0.2) is 147 Å². The largest absolute Gasteiger partial charge is 0.460 e. The molecule has 0 aliphatic rings. The summed E-state index contributed by atoms with van der Waals surface area (Å²) in [4.78, 5) is 24.0. The van der Waals surface area contributed by atoms with Crippen molar-refractivity contribution in [3.63, 3.8) is 0 Å². The highest BCUT2D eigenvalue weighted by Gasteiger charge is 2.53. The first-order chi connectivity index (χ1) is 22.1. The highest BCUT2D eigenvalue weighted by Crippen LogP contribution is 2.36. The molecule has 0 fully saturated rings. The third-order valence-corrected chi connectivity index (χ3v) is 15.8. The Balaban J connectivity index is 6.05. The van der Waals surface area contributed by atoms with E-state index < -0.39 is 94.2 Å². The summed E-state index contributed by atoms with van der Waals surface area (Å²) in [7, 11) is -17.6. The van der Waals surface area contributed by atoms with E-state index in [2.05, 4.69) is 11.9 Å². The van der Waals surface area contributed by atoms with E-state index in [1.807, 2.05) is 0 Å². The molecule has 0 rings (SSSR count). The van der Waals surface area contributed by atoms with Gasteiger partial charge in [-0.05, 0) is 48.5 Å². The molecule has 0 aromatic rings. The average Bonchev–Trinajstić information content (AvgIpc) is 2.99. The fourth-order valence-corrected chi connectivity index (χ4v) is 9.18. The molecule has 24 heteroatoms. The van der Waals surface area contributed by atoms with Gasteiger partial charge < -0.3 is 29.4 Å². The predicted octanol–water partition coefficient (Wildman–Crippen LogP) is -0.762. The second-order valence-electron chi connectivity index (χ2n) is 11.4. The second kappa shape index (κ2) is 19.0. The van der Waals surface area contributed by atoms with Crippen LogP contribution in [0.25, 0.3) is 0 Å². The van der Waals surface area contributed by atoms with Crippen LogP contribution in [0.5, 0.6) is 0 Å². The summed E-state index contributed by atoms with van der Waals surface area (Å²) in [6.07, 6.45) is -2.82. The van der Waals surface area contributed by atoms with Gasteiger partial charge in [0.15, 0.2) is 6.10 Å². The van der Waals surface area contributed by atoms with E-state index in [1.165, 1.54) is 34.6 Å². The summed E-state index contributed by atoms with van der Waals surface area (Å²) < 4.78 is 131. The van der Waals surface area contributed by atoms with Gasteiger partial charge in [-0.3, -0.25) is 8.37 Å². The number of nitrogens with one attached hydrogen (secondary N) is 1. The van der Waals surface area contributed by atoms with Crippen molar-refractivity contribution in [2.24, 2.45) is 0 Å². The fourth-order valence-electron chi connectivity index (χ4n) is 3.06. The van der Waals surface area contributed by atoms with Crippen molar-refractivity contribution in [2.45, 2.75) is 70.2 Å². The van der Waals surface area contributed by atoms with Crippen LogP contribution in [0.1, 0.15) is 48.5 Å². The summed E-state index contributed by atoms with van der Waals surface area (Å²) in [6, 6.07) is 0. The molecule has 0 aromatic carbocycles. The van der Waals surface area contributed by atoms with Crippen molar-refractivity contribution < 1.29 is 75.7 Å². The van der Waals surface area contributed by atoms with Gasteiger partial charge in [-0.15, -0.1) is 0 Å². The van der Waals surface area contributed by atoms with Crippen LogP contribution in [0.2, 0.25) is 0 Å². The highest BCUT2D eigenvalue weighted by molar-refractivity contribution is 8.03. The number of rotatable bonds is 24. The molecule has 1 unspecified atom stereocenters. The zero-order valence-electron chi connectivity index (χ0n) is 29.0. The molecule has 1 atom stereocenters. The van der Waals surface area contributed by atoms with Gasteiger partial charge in [-0.1, -0.05) is 14.0 Å². The third kappa shape index (κ3) is 13.6. The van der Waals surface area contributed by atoms with Crippen LogP contribution in [0.3, 0.4) is 0 Å². The maximum absolute atomic E-state index is 13.5. The molecule has 0 aliphatic carbocycles. The van der Waals surface area contributed by atoms with Crippen LogP contribution in [0, 0.1) is 0 Å². The number of amides is 1. The fraction of sp³-hybridized carbons (Fsp3) is 0.840. The zero-order chi connectivity index (χ0) is 38.6. The maximum atomic E-state index is 13.5. The Kier molecular flexibility index (Phi) is 18.2. The standard InChI is InChI=1S/C25H49N3O17S4/c1-19(2)22(30)41-13-11-26-23(31)45-21(18-44-48(36,37)27(9)46(32,33)20(3)4)17-42-24(5,6)25(7,8)47(34,35)28(10)49(38,39)43-16-15-40-14-12-29/h20-21,29H,1,11-18H2,2-10H3,(H,26,31). The van der Waals surface area contributed by atoms with Gasteiger partial charge in [-0.25, -0.2) is 26.4 Å². The van der Waals surface area contributed by atoms with Crippen LogP contribution in [0.4, 0.5) is 4.79 Å². The number of carbonyl (C=O) groups excluding carboxylic acids is 2. The quantitative estimate of drug-likeness (QED) is 0.0691. The second-order valence-corrected chi connectivity index (χ2v) is 20.2. The molecule has 0 spiro atoms. The molecule has 0 aliphatic heterocycles. The Morgan fingerprint density at radius 2 is 1.39 bits per heavy atom. The minimum Gasteiger partial charge on any atom is -0.460 e. The first kappa shape index (κ1) is 47.0. The van der Waals surface area contributed by atoms with Crippen LogP contribution >= 0.6 is 0 Å². The highest BCUT2D eigenvalue weighted by atomic mass is 32.3.